The number of isocyanates is 1. The average molecular weight is 325 g/mol. The largest absolute Gasteiger partial charge is 0.365 e. The molecule has 1 fully saturated rings. The Morgan fingerprint density at radius 2 is 1.78 bits per heavy atom. The van der Waals surface area contributed by atoms with E-state index in [1.54, 1.807) is 6.08 Å². The van der Waals surface area contributed by atoms with Crippen molar-refractivity contribution in [2.45, 2.75) is 92.2 Å². The fourth-order valence-electron chi connectivity index (χ4n) is 4.55. The molecule has 0 saturated heterocycles. The quantitative estimate of drug-likeness (QED) is 0.429. The van der Waals surface area contributed by atoms with Crippen LogP contribution in [0.5, 0.6) is 0 Å². The van der Waals surface area contributed by atoms with E-state index in [2.05, 4.69) is 63.7 Å². The third-order valence-electron chi connectivity index (χ3n) is 4.83. The second-order valence-electron chi connectivity index (χ2n) is 8.84. The van der Waals surface area contributed by atoms with Gasteiger partial charge in [-0.15, -0.1) is 0 Å². The molecule has 0 radical (unpaired) electrons. The molecule has 134 valence electrons. The number of nitrogens with zero attached hydrogens (tertiary/aromatic N) is 2. The molecule has 0 amide bonds. The van der Waals surface area contributed by atoms with Crippen LogP contribution in [0.4, 0.5) is 0 Å². The monoisotopic (exact) mass is 325 g/mol. The Bertz CT molecular complexity index is 422. The summed E-state index contributed by atoms with van der Waals surface area (Å²) >= 11 is 0. The van der Waals surface area contributed by atoms with E-state index >= 15 is 0 Å². The van der Waals surface area contributed by atoms with Crippen LogP contribution in [0.25, 0.3) is 0 Å². The van der Waals surface area contributed by atoms with Gasteiger partial charge in [-0.05, 0) is 57.8 Å². The smallest absolute Gasteiger partial charge is 0.234 e. The van der Waals surface area contributed by atoms with Crippen molar-refractivity contribution in [1.82, 2.24) is 10.2 Å². The van der Waals surface area contributed by atoms with E-state index in [1.807, 2.05) is 0 Å². The van der Waals surface area contributed by atoms with Crippen LogP contribution in [0.3, 0.4) is 0 Å². The highest BCUT2D eigenvalue weighted by molar-refractivity contribution is 5.33. The number of aliphatic imine (C=N–C) groups is 1. The average Bonchev–Trinajstić information content (AvgIpc) is 2.32. The van der Waals surface area contributed by atoms with E-state index in [4.69, 9.17) is 0 Å². The van der Waals surface area contributed by atoms with Gasteiger partial charge in [-0.2, -0.15) is 0 Å². The van der Waals surface area contributed by atoms with E-state index in [0.717, 1.165) is 19.3 Å². The van der Waals surface area contributed by atoms with Gasteiger partial charge < -0.3 is 5.11 Å². The van der Waals surface area contributed by atoms with Crippen LogP contribution in [-0.4, -0.2) is 47.1 Å². The third-order valence-corrected chi connectivity index (χ3v) is 4.83. The van der Waals surface area contributed by atoms with Gasteiger partial charge in [-0.3, -0.25) is 10.2 Å². The number of aliphatic hydroxyl groups is 1. The van der Waals surface area contributed by atoms with Crippen molar-refractivity contribution in [3.8, 4) is 0 Å². The zero-order valence-electron chi connectivity index (χ0n) is 15.9. The molecule has 0 bridgehead atoms. The van der Waals surface area contributed by atoms with Crippen LogP contribution in [0, 0.1) is 10.8 Å². The predicted octanol–water partition coefficient (Wildman–Crippen LogP) is 2.89. The lowest BCUT2D eigenvalue weighted by molar-refractivity contribution is -0.0768. The minimum Gasteiger partial charge on any atom is -0.365 e. The number of hydrogen-bond donors (Lipinski definition) is 2. The molecule has 23 heavy (non-hydrogen) atoms. The highest BCUT2D eigenvalue weighted by atomic mass is 16.3. The number of rotatable bonds is 7. The van der Waals surface area contributed by atoms with Crippen LogP contribution >= 0.6 is 0 Å². The van der Waals surface area contributed by atoms with Crippen LogP contribution in [-0.2, 0) is 4.79 Å². The minimum absolute atomic E-state index is 0.0307. The molecule has 0 aliphatic heterocycles. The number of aliphatic hydroxyl groups excluding tert-OH is 1. The summed E-state index contributed by atoms with van der Waals surface area (Å²) in [6.45, 7) is 15.6. The lowest BCUT2D eigenvalue weighted by atomic mass is 9.62. The first-order valence-corrected chi connectivity index (χ1v) is 8.75. The highest BCUT2D eigenvalue weighted by Gasteiger charge is 2.42. The number of hydrogen-bond acceptors (Lipinski definition) is 5. The maximum absolute atomic E-state index is 10.6. The number of carbonyl (C=O) groups excluding carboxylic acids is 1. The van der Waals surface area contributed by atoms with Crippen LogP contribution in [0.1, 0.15) is 67.7 Å². The lowest BCUT2D eigenvalue weighted by Crippen LogP contribution is -2.57. The first-order chi connectivity index (χ1) is 10.5. The molecule has 3 unspecified atom stereocenters. The summed E-state index contributed by atoms with van der Waals surface area (Å²) < 4.78 is 0. The van der Waals surface area contributed by atoms with Gasteiger partial charge in [-0.25, -0.2) is 9.79 Å². The SMILES string of the molecule is CC(C)N(C(C)C)C(O)NC1CC(C)(C)CC(C)(CN=C=O)C1. The Balaban J connectivity index is 2.83. The standard InChI is InChI=1S/C18H35N3O2/c1-13(2)21(14(3)4)16(23)20-15-8-17(5,6)10-18(7,9-15)11-19-12-22/h13-16,20,23H,8-11H2,1-7H3. The van der Waals surface area contributed by atoms with Crippen molar-refractivity contribution in [1.29, 1.82) is 0 Å². The van der Waals surface area contributed by atoms with E-state index in [-0.39, 0.29) is 29.0 Å². The fraction of sp³-hybridized carbons (Fsp3) is 0.944. The molecular formula is C18H35N3O2. The Hall–Kier alpha value is -0.740. The summed E-state index contributed by atoms with van der Waals surface area (Å²) in [6.07, 6.45) is 3.95. The van der Waals surface area contributed by atoms with E-state index in [0.29, 0.717) is 6.54 Å². The molecule has 0 spiro atoms. The van der Waals surface area contributed by atoms with Crippen molar-refractivity contribution in [3.63, 3.8) is 0 Å². The van der Waals surface area contributed by atoms with Gasteiger partial charge in [0, 0.05) is 18.1 Å². The molecule has 1 rings (SSSR count). The molecule has 0 aromatic heterocycles. The Labute approximate surface area is 141 Å². The topological polar surface area (TPSA) is 64.9 Å². The second kappa shape index (κ2) is 7.89. The first kappa shape index (κ1) is 20.3. The van der Waals surface area contributed by atoms with Crippen molar-refractivity contribution in [2.24, 2.45) is 15.8 Å². The van der Waals surface area contributed by atoms with Gasteiger partial charge in [0.25, 0.3) is 0 Å². The van der Waals surface area contributed by atoms with Gasteiger partial charge in [-0.1, -0.05) is 20.8 Å². The minimum atomic E-state index is -0.660. The molecule has 3 atom stereocenters. The Morgan fingerprint density at radius 1 is 1.22 bits per heavy atom. The maximum Gasteiger partial charge on any atom is 0.234 e. The molecule has 1 aliphatic carbocycles. The molecule has 5 nitrogen and oxygen atoms in total. The van der Waals surface area contributed by atoms with Gasteiger partial charge in [0.2, 0.25) is 6.08 Å². The fourth-order valence-corrected chi connectivity index (χ4v) is 4.55. The Kier molecular flexibility index (Phi) is 6.96. The van der Waals surface area contributed by atoms with Gasteiger partial charge in [0.05, 0.1) is 6.54 Å². The van der Waals surface area contributed by atoms with Crippen molar-refractivity contribution in [2.75, 3.05) is 6.54 Å². The summed E-state index contributed by atoms with van der Waals surface area (Å²) in [5.74, 6) is 0. The summed E-state index contributed by atoms with van der Waals surface area (Å²) in [5.41, 5.74) is 0.125. The molecule has 0 aromatic carbocycles. The zero-order valence-corrected chi connectivity index (χ0v) is 15.9. The zero-order chi connectivity index (χ0) is 17.8. The van der Waals surface area contributed by atoms with E-state index in [9.17, 15) is 9.90 Å². The molecule has 2 N–H and O–H groups in total. The van der Waals surface area contributed by atoms with Crippen molar-refractivity contribution < 1.29 is 9.90 Å². The van der Waals surface area contributed by atoms with Gasteiger partial charge in [0.15, 0.2) is 6.35 Å². The van der Waals surface area contributed by atoms with Crippen molar-refractivity contribution in [3.05, 3.63) is 0 Å². The maximum atomic E-state index is 10.6. The van der Waals surface area contributed by atoms with E-state index in [1.165, 1.54) is 0 Å². The van der Waals surface area contributed by atoms with Gasteiger partial charge >= 0.3 is 0 Å². The third kappa shape index (κ3) is 6.00. The van der Waals surface area contributed by atoms with Crippen LogP contribution in [0.15, 0.2) is 4.99 Å². The molecular weight excluding hydrogens is 290 g/mol. The first-order valence-electron chi connectivity index (χ1n) is 8.75. The molecule has 0 aromatic rings. The molecule has 0 heterocycles. The second-order valence-corrected chi connectivity index (χ2v) is 8.84. The van der Waals surface area contributed by atoms with Crippen LogP contribution in [0.2, 0.25) is 0 Å². The van der Waals surface area contributed by atoms with Gasteiger partial charge in [0.1, 0.15) is 0 Å². The van der Waals surface area contributed by atoms with Crippen LogP contribution < -0.4 is 5.32 Å². The molecule has 5 heteroatoms. The normalized spacial score (nSPS) is 28.9. The predicted molar refractivity (Wildman–Crippen MR) is 93.8 cm³/mol. The summed E-state index contributed by atoms with van der Waals surface area (Å²) in [5, 5.41) is 14.1. The summed E-state index contributed by atoms with van der Waals surface area (Å²) in [6, 6.07) is 0.737. The number of nitrogens with one attached hydrogen (secondary N) is 1. The summed E-state index contributed by atoms with van der Waals surface area (Å²) in [7, 11) is 0. The van der Waals surface area contributed by atoms with E-state index < -0.39 is 6.35 Å². The lowest BCUT2D eigenvalue weighted by Gasteiger charge is -2.47. The molecule has 1 aliphatic rings. The Morgan fingerprint density at radius 3 is 2.26 bits per heavy atom. The molecule has 1 saturated carbocycles. The van der Waals surface area contributed by atoms with Crippen molar-refractivity contribution >= 4 is 6.08 Å². The summed E-state index contributed by atoms with van der Waals surface area (Å²) in [4.78, 5) is 16.4. The highest BCUT2D eigenvalue weighted by Crippen LogP contribution is 2.46.